The van der Waals surface area contributed by atoms with E-state index < -0.39 is 12.0 Å². The quantitative estimate of drug-likeness (QED) is 0.585. The van der Waals surface area contributed by atoms with Crippen LogP contribution in [-0.4, -0.2) is 29.8 Å². The standard InChI is InChI=1S/C8H17NO3/c1-5(2)6(3)12-8(11)7(9)4-10/h5-7,10H,4,9H2,1-3H3. The molecule has 0 spiro atoms. The molecule has 0 aliphatic heterocycles. The Morgan fingerprint density at radius 3 is 2.33 bits per heavy atom. The molecule has 0 bridgehead atoms. The molecule has 2 unspecified atom stereocenters. The molecule has 0 aromatic rings. The molecule has 0 saturated heterocycles. The predicted molar refractivity (Wildman–Crippen MR) is 45.5 cm³/mol. The van der Waals surface area contributed by atoms with Crippen molar-refractivity contribution >= 4 is 5.97 Å². The molecule has 0 aliphatic carbocycles. The van der Waals surface area contributed by atoms with E-state index in [2.05, 4.69) is 0 Å². The maximum atomic E-state index is 11.0. The Labute approximate surface area is 72.7 Å². The van der Waals surface area contributed by atoms with Gasteiger partial charge < -0.3 is 15.6 Å². The van der Waals surface area contributed by atoms with Crippen molar-refractivity contribution in [2.24, 2.45) is 11.7 Å². The summed E-state index contributed by atoms with van der Waals surface area (Å²) < 4.78 is 4.94. The van der Waals surface area contributed by atoms with E-state index in [1.165, 1.54) is 0 Å². The van der Waals surface area contributed by atoms with Crippen molar-refractivity contribution in [3.05, 3.63) is 0 Å². The van der Waals surface area contributed by atoms with Crippen molar-refractivity contribution in [2.75, 3.05) is 6.61 Å². The fraction of sp³-hybridized carbons (Fsp3) is 0.875. The summed E-state index contributed by atoms with van der Waals surface area (Å²) in [5.41, 5.74) is 5.24. The van der Waals surface area contributed by atoms with E-state index in [1.54, 1.807) is 6.92 Å². The Kier molecular flexibility index (Phi) is 4.85. The lowest BCUT2D eigenvalue weighted by molar-refractivity contribution is -0.152. The normalized spacial score (nSPS) is 15.8. The molecule has 0 rings (SSSR count). The van der Waals surface area contributed by atoms with E-state index in [9.17, 15) is 4.79 Å². The molecular formula is C8H17NO3. The largest absolute Gasteiger partial charge is 0.461 e. The van der Waals surface area contributed by atoms with Crippen molar-refractivity contribution in [1.82, 2.24) is 0 Å². The molecule has 0 aromatic carbocycles. The second kappa shape index (κ2) is 5.11. The lowest BCUT2D eigenvalue weighted by Gasteiger charge is -2.18. The van der Waals surface area contributed by atoms with Gasteiger partial charge in [0.1, 0.15) is 12.1 Å². The van der Waals surface area contributed by atoms with Crippen molar-refractivity contribution in [3.8, 4) is 0 Å². The summed E-state index contributed by atoms with van der Waals surface area (Å²) in [6.45, 7) is 5.32. The third kappa shape index (κ3) is 3.69. The van der Waals surface area contributed by atoms with Gasteiger partial charge in [0.25, 0.3) is 0 Å². The summed E-state index contributed by atoms with van der Waals surface area (Å²) in [6.07, 6.45) is -0.157. The van der Waals surface area contributed by atoms with Gasteiger partial charge in [0.05, 0.1) is 6.61 Å². The zero-order valence-electron chi connectivity index (χ0n) is 7.78. The van der Waals surface area contributed by atoms with Crippen molar-refractivity contribution in [2.45, 2.75) is 32.9 Å². The molecule has 0 saturated carbocycles. The Bertz CT molecular complexity index is 147. The molecule has 2 atom stereocenters. The van der Waals surface area contributed by atoms with Gasteiger partial charge in [-0.3, -0.25) is 4.79 Å². The first-order chi connectivity index (χ1) is 5.49. The summed E-state index contributed by atoms with van der Waals surface area (Å²) in [5, 5.41) is 8.53. The van der Waals surface area contributed by atoms with Gasteiger partial charge in [-0.15, -0.1) is 0 Å². The number of aliphatic hydroxyl groups excluding tert-OH is 1. The van der Waals surface area contributed by atoms with Crippen LogP contribution in [0.4, 0.5) is 0 Å². The number of hydrogen-bond donors (Lipinski definition) is 2. The predicted octanol–water partition coefficient (Wildman–Crippen LogP) is -0.106. The van der Waals surface area contributed by atoms with Gasteiger partial charge in [0.2, 0.25) is 0 Å². The van der Waals surface area contributed by atoms with E-state index in [0.717, 1.165) is 0 Å². The minimum Gasteiger partial charge on any atom is -0.461 e. The average Bonchev–Trinajstić information content (AvgIpc) is 2.02. The zero-order chi connectivity index (χ0) is 9.72. The number of carbonyl (C=O) groups is 1. The Morgan fingerprint density at radius 2 is 2.00 bits per heavy atom. The molecule has 0 radical (unpaired) electrons. The summed E-state index contributed by atoms with van der Waals surface area (Å²) in [7, 11) is 0. The second-order valence-electron chi connectivity index (χ2n) is 3.18. The highest BCUT2D eigenvalue weighted by molar-refractivity contribution is 5.75. The maximum Gasteiger partial charge on any atom is 0.325 e. The minimum absolute atomic E-state index is 0.157. The van der Waals surface area contributed by atoms with Crippen LogP contribution >= 0.6 is 0 Å². The highest BCUT2D eigenvalue weighted by Crippen LogP contribution is 2.05. The van der Waals surface area contributed by atoms with Gasteiger partial charge in [0.15, 0.2) is 0 Å². The molecule has 4 nitrogen and oxygen atoms in total. The smallest absolute Gasteiger partial charge is 0.325 e. The molecule has 12 heavy (non-hydrogen) atoms. The lowest BCUT2D eigenvalue weighted by Crippen LogP contribution is -2.38. The highest BCUT2D eigenvalue weighted by Gasteiger charge is 2.18. The number of esters is 1. The Morgan fingerprint density at radius 1 is 1.50 bits per heavy atom. The van der Waals surface area contributed by atoms with Crippen LogP contribution in [0, 0.1) is 5.92 Å². The summed E-state index contributed by atoms with van der Waals surface area (Å²) in [4.78, 5) is 11.0. The number of ether oxygens (including phenoxy) is 1. The van der Waals surface area contributed by atoms with Crippen LogP contribution in [0.3, 0.4) is 0 Å². The molecule has 4 heteroatoms. The Hall–Kier alpha value is -0.610. The van der Waals surface area contributed by atoms with Gasteiger partial charge in [-0.25, -0.2) is 0 Å². The number of aliphatic hydroxyl groups is 1. The number of rotatable bonds is 4. The van der Waals surface area contributed by atoms with Crippen LogP contribution in [0.5, 0.6) is 0 Å². The van der Waals surface area contributed by atoms with Gasteiger partial charge in [-0.05, 0) is 12.8 Å². The fourth-order valence-electron chi connectivity index (χ4n) is 0.481. The van der Waals surface area contributed by atoms with E-state index in [0.29, 0.717) is 0 Å². The minimum atomic E-state index is -0.911. The zero-order valence-corrected chi connectivity index (χ0v) is 7.78. The van der Waals surface area contributed by atoms with Gasteiger partial charge in [-0.1, -0.05) is 13.8 Å². The van der Waals surface area contributed by atoms with Crippen LogP contribution in [0.2, 0.25) is 0 Å². The molecule has 0 aliphatic rings. The van der Waals surface area contributed by atoms with Crippen LogP contribution in [0.1, 0.15) is 20.8 Å². The Balaban J connectivity index is 3.84. The number of carbonyl (C=O) groups excluding carboxylic acids is 1. The third-order valence-electron chi connectivity index (χ3n) is 1.74. The first-order valence-corrected chi connectivity index (χ1v) is 4.06. The van der Waals surface area contributed by atoms with Gasteiger partial charge in [0, 0.05) is 0 Å². The fourth-order valence-corrected chi connectivity index (χ4v) is 0.481. The van der Waals surface area contributed by atoms with Gasteiger partial charge in [-0.2, -0.15) is 0 Å². The molecule has 3 N–H and O–H groups in total. The first-order valence-electron chi connectivity index (χ1n) is 4.06. The van der Waals surface area contributed by atoms with Crippen molar-refractivity contribution in [3.63, 3.8) is 0 Å². The van der Waals surface area contributed by atoms with Crippen molar-refractivity contribution in [1.29, 1.82) is 0 Å². The van der Waals surface area contributed by atoms with Crippen molar-refractivity contribution < 1.29 is 14.6 Å². The monoisotopic (exact) mass is 175 g/mol. The van der Waals surface area contributed by atoms with Crippen LogP contribution < -0.4 is 5.73 Å². The third-order valence-corrected chi connectivity index (χ3v) is 1.74. The molecule has 72 valence electrons. The van der Waals surface area contributed by atoms with E-state index >= 15 is 0 Å². The topological polar surface area (TPSA) is 72.5 Å². The number of nitrogens with two attached hydrogens (primary N) is 1. The molecular weight excluding hydrogens is 158 g/mol. The SMILES string of the molecule is CC(C)C(C)OC(=O)C(N)CO. The molecule has 0 amide bonds. The first kappa shape index (κ1) is 11.4. The summed E-state index contributed by atoms with van der Waals surface area (Å²) in [6, 6.07) is -0.911. The molecule has 0 aromatic heterocycles. The lowest BCUT2D eigenvalue weighted by atomic mass is 10.1. The maximum absolute atomic E-state index is 11.0. The second-order valence-corrected chi connectivity index (χ2v) is 3.18. The van der Waals surface area contributed by atoms with E-state index in [-0.39, 0.29) is 18.6 Å². The van der Waals surface area contributed by atoms with E-state index in [1.807, 2.05) is 13.8 Å². The van der Waals surface area contributed by atoms with E-state index in [4.69, 9.17) is 15.6 Å². The van der Waals surface area contributed by atoms with Crippen LogP contribution in [0.15, 0.2) is 0 Å². The average molecular weight is 175 g/mol. The van der Waals surface area contributed by atoms with Crippen LogP contribution in [-0.2, 0) is 9.53 Å². The highest BCUT2D eigenvalue weighted by atomic mass is 16.5. The summed E-state index contributed by atoms with van der Waals surface area (Å²) in [5.74, 6) is -0.279. The summed E-state index contributed by atoms with van der Waals surface area (Å²) >= 11 is 0. The molecule has 0 fully saturated rings. The van der Waals surface area contributed by atoms with Gasteiger partial charge >= 0.3 is 5.97 Å². The molecule has 0 heterocycles. The number of hydrogen-bond acceptors (Lipinski definition) is 4. The van der Waals surface area contributed by atoms with Crippen LogP contribution in [0.25, 0.3) is 0 Å².